The Morgan fingerprint density at radius 3 is 2.57 bits per heavy atom. The highest BCUT2D eigenvalue weighted by molar-refractivity contribution is 14.0. The van der Waals surface area contributed by atoms with Crippen molar-refractivity contribution in [3.05, 3.63) is 53.7 Å². The molecular weight excluding hydrogens is 489 g/mol. The van der Waals surface area contributed by atoms with E-state index in [-0.39, 0.29) is 30.1 Å². The fourth-order valence-electron chi connectivity index (χ4n) is 3.48. The summed E-state index contributed by atoms with van der Waals surface area (Å²) in [5.41, 5.74) is 2.34. The normalized spacial score (nSPS) is 15.9. The predicted octanol–water partition coefficient (Wildman–Crippen LogP) is 3.92. The summed E-state index contributed by atoms with van der Waals surface area (Å²) in [5.74, 6) is 2.83. The van der Waals surface area contributed by atoms with Crippen LogP contribution in [0.4, 0.5) is 5.82 Å². The average Bonchev–Trinajstić information content (AvgIpc) is 2.74. The molecule has 30 heavy (non-hydrogen) atoms. The van der Waals surface area contributed by atoms with Gasteiger partial charge in [0.15, 0.2) is 5.96 Å². The number of para-hydroxylation sites is 1. The molecule has 1 fully saturated rings. The van der Waals surface area contributed by atoms with Crippen LogP contribution in [0.3, 0.4) is 0 Å². The molecule has 6 nitrogen and oxygen atoms in total. The first-order valence-electron chi connectivity index (χ1n) is 10.4. The summed E-state index contributed by atoms with van der Waals surface area (Å²) in [5, 5.41) is 6.95. The molecule has 0 saturated carbocycles. The standard InChI is InChI=1S/C23H33N5O.HI/c1-17-9-10-22(25-15-17)28-13-11-20(12-14-28)27-23(24-4)26-16-19(3)29-21-8-6-5-7-18(21)2;/h5-10,15,19-20H,11-14,16H2,1-4H3,(H2,24,26,27);1H. The molecule has 0 aliphatic carbocycles. The lowest BCUT2D eigenvalue weighted by molar-refractivity contribution is 0.222. The Morgan fingerprint density at radius 1 is 1.20 bits per heavy atom. The maximum absolute atomic E-state index is 6.04. The van der Waals surface area contributed by atoms with E-state index in [2.05, 4.69) is 64.5 Å². The van der Waals surface area contributed by atoms with Crippen LogP contribution in [-0.4, -0.2) is 49.8 Å². The summed E-state index contributed by atoms with van der Waals surface area (Å²) >= 11 is 0. The summed E-state index contributed by atoms with van der Waals surface area (Å²) in [6.07, 6.45) is 4.10. The molecule has 0 bridgehead atoms. The number of aliphatic imine (C=N–C) groups is 1. The molecule has 1 aromatic carbocycles. The van der Waals surface area contributed by atoms with Crippen molar-refractivity contribution >= 4 is 35.8 Å². The topological polar surface area (TPSA) is 61.8 Å². The summed E-state index contributed by atoms with van der Waals surface area (Å²) < 4.78 is 6.04. The first-order chi connectivity index (χ1) is 14.0. The van der Waals surface area contributed by atoms with Crippen LogP contribution in [0.25, 0.3) is 0 Å². The number of aromatic nitrogens is 1. The van der Waals surface area contributed by atoms with E-state index in [1.54, 1.807) is 0 Å². The van der Waals surface area contributed by atoms with Gasteiger partial charge in [-0.25, -0.2) is 4.98 Å². The molecule has 1 unspecified atom stereocenters. The monoisotopic (exact) mass is 523 g/mol. The molecule has 0 amide bonds. The van der Waals surface area contributed by atoms with Crippen LogP contribution < -0.4 is 20.3 Å². The zero-order chi connectivity index (χ0) is 20.6. The van der Waals surface area contributed by atoms with Crippen molar-refractivity contribution in [1.82, 2.24) is 15.6 Å². The summed E-state index contributed by atoms with van der Waals surface area (Å²) in [4.78, 5) is 11.3. The van der Waals surface area contributed by atoms with E-state index >= 15 is 0 Å². The number of aryl methyl sites for hydroxylation is 2. The third-order valence-corrected chi connectivity index (χ3v) is 5.26. The lowest BCUT2D eigenvalue weighted by Gasteiger charge is -2.34. The molecule has 1 aliphatic heterocycles. The smallest absolute Gasteiger partial charge is 0.191 e. The maximum atomic E-state index is 6.04. The zero-order valence-corrected chi connectivity index (χ0v) is 20.7. The number of pyridine rings is 1. The van der Waals surface area contributed by atoms with Gasteiger partial charge in [0.2, 0.25) is 0 Å². The molecule has 2 N–H and O–H groups in total. The summed E-state index contributed by atoms with van der Waals surface area (Å²) in [6.45, 7) is 8.89. The van der Waals surface area contributed by atoms with Gasteiger partial charge < -0.3 is 20.3 Å². The van der Waals surface area contributed by atoms with Crippen molar-refractivity contribution in [3.63, 3.8) is 0 Å². The minimum absolute atomic E-state index is 0. The number of nitrogens with zero attached hydrogens (tertiary/aromatic N) is 3. The molecule has 7 heteroatoms. The van der Waals surface area contributed by atoms with Gasteiger partial charge in [-0.1, -0.05) is 24.3 Å². The Balaban J connectivity index is 0.00000320. The van der Waals surface area contributed by atoms with E-state index < -0.39 is 0 Å². The second-order valence-electron chi connectivity index (χ2n) is 7.75. The SMILES string of the molecule is CN=C(NCC(C)Oc1ccccc1C)NC1CCN(c2ccc(C)cn2)CC1.I. The molecular formula is C23H34IN5O. The number of hydrogen-bond acceptors (Lipinski definition) is 4. The van der Waals surface area contributed by atoms with E-state index in [9.17, 15) is 0 Å². The highest BCUT2D eigenvalue weighted by Gasteiger charge is 2.21. The maximum Gasteiger partial charge on any atom is 0.191 e. The molecule has 2 heterocycles. The molecule has 1 aliphatic rings. The van der Waals surface area contributed by atoms with Gasteiger partial charge in [-0.15, -0.1) is 24.0 Å². The van der Waals surface area contributed by atoms with Crippen LogP contribution in [0.15, 0.2) is 47.6 Å². The zero-order valence-electron chi connectivity index (χ0n) is 18.4. The Bertz CT molecular complexity index is 803. The Labute approximate surface area is 197 Å². The predicted molar refractivity (Wildman–Crippen MR) is 135 cm³/mol. The van der Waals surface area contributed by atoms with Crippen molar-refractivity contribution < 1.29 is 4.74 Å². The van der Waals surface area contributed by atoms with Gasteiger partial charge in [-0.3, -0.25) is 4.99 Å². The van der Waals surface area contributed by atoms with E-state index in [1.807, 2.05) is 31.4 Å². The quantitative estimate of drug-likeness (QED) is 0.342. The molecule has 3 rings (SSSR count). The van der Waals surface area contributed by atoms with Gasteiger partial charge in [-0.05, 0) is 56.9 Å². The fraction of sp³-hybridized carbons (Fsp3) is 0.478. The highest BCUT2D eigenvalue weighted by Crippen LogP contribution is 2.19. The second-order valence-corrected chi connectivity index (χ2v) is 7.75. The number of halogens is 1. The second kappa shape index (κ2) is 12.0. The third-order valence-electron chi connectivity index (χ3n) is 5.26. The van der Waals surface area contributed by atoms with Gasteiger partial charge in [0.1, 0.15) is 17.7 Å². The fourth-order valence-corrected chi connectivity index (χ4v) is 3.48. The van der Waals surface area contributed by atoms with Crippen molar-refractivity contribution in [2.75, 3.05) is 31.6 Å². The van der Waals surface area contributed by atoms with Crippen LogP contribution in [0, 0.1) is 13.8 Å². The van der Waals surface area contributed by atoms with Gasteiger partial charge in [0.25, 0.3) is 0 Å². The van der Waals surface area contributed by atoms with Gasteiger partial charge in [-0.2, -0.15) is 0 Å². The van der Waals surface area contributed by atoms with Crippen LogP contribution in [0.1, 0.15) is 30.9 Å². The summed E-state index contributed by atoms with van der Waals surface area (Å²) in [6, 6.07) is 12.7. The van der Waals surface area contributed by atoms with E-state index in [0.29, 0.717) is 12.6 Å². The van der Waals surface area contributed by atoms with Crippen LogP contribution >= 0.6 is 24.0 Å². The minimum Gasteiger partial charge on any atom is -0.489 e. The molecule has 1 atom stereocenters. The number of piperidine rings is 1. The number of guanidine groups is 1. The number of anilines is 1. The number of benzene rings is 1. The lowest BCUT2D eigenvalue weighted by Crippen LogP contribution is -2.50. The lowest BCUT2D eigenvalue weighted by atomic mass is 10.1. The number of nitrogens with one attached hydrogen (secondary N) is 2. The number of hydrogen-bond donors (Lipinski definition) is 2. The van der Waals surface area contributed by atoms with Crippen molar-refractivity contribution in [2.24, 2.45) is 4.99 Å². The molecule has 0 radical (unpaired) electrons. The average molecular weight is 523 g/mol. The van der Waals surface area contributed by atoms with Crippen LogP contribution in [0.5, 0.6) is 5.75 Å². The first kappa shape index (κ1) is 24.2. The van der Waals surface area contributed by atoms with Gasteiger partial charge >= 0.3 is 0 Å². The Morgan fingerprint density at radius 2 is 1.93 bits per heavy atom. The highest BCUT2D eigenvalue weighted by atomic mass is 127. The Hall–Kier alpha value is -2.03. The minimum atomic E-state index is 0. The van der Waals surface area contributed by atoms with E-state index in [0.717, 1.165) is 49.0 Å². The summed E-state index contributed by atoms with van der Waals surface area (Å²) in [7, 11) is 1.81. The van der Waals surface area contributed by atoms with E-state index in [4.69, 9.17) is 4.74 Å². The molecule has 1 saturated heterocycles. The largest absolute Gasteiger partial charge is 0.489 e. The van der Waals surface area contributed by atoms with E-state index in [1.165, 1.54) is 5.56 Å². The van der Waals surface area contributed by atoms with Gasteiger partial charge in [0, 0.05) is 32.4 Å². The third kappa shape index (κ3) is 7.04. The number of ether oxygens (including phenoxy) is 1. The first-order valence-corrected chi connectivity index (χ1v) is 10.4. The molecule has 2 aromatic rings. The van der Waals surface area contributed by atoms with Crippen LogP contribution in [0.2, 0.25) is 0 Å². The van der Waals surface area contributed by atoms with Crippen molar-refractivity contribution in [1.29, 1.82) is 0 Å². The van der Waals surface area contributed by atoms with Gasteiger partial charge in [0.05, 0.1) is 6.54 Å². The molecule has 164 valence electrons. The van der Waals surface area contributed by atoms with Crippen LogP contribution in [-0.2, 0) is 0 Å². The molecule has 0 spiro atoms. The number of rotatable bonds is 6. The molecule has 1 aromatic heterocycles. The van der Waals surface area contributed by atoms with Crippen molar-refractivity contribution in [3.8, 4) is 5.75 Å². The Kier molecular flexibility index (Phi) is 9.68. The van der Waals surface area contributed by atoms with Crippen molar-refractivity contribution in [2.45, 2.75) is 45.8 Å².